The van der Waals surface area contributed by atoms with Gasteiger partial charge in [-0.25, -0.2) is 4.39 Å². The molecule has 0 saturated carbocycles. The highest BCUT2D eigenvalue weighted by molar-refractivity contribution is 6.35. The molecule has 0 radical (unpaired) electrons. The average Bonchev–Trinajstić information content (AvgIpc) is 2.59. The quantitative estimate of drug-likeness (QED) is 0.743. The van der Waals surface area contributed by atoms with Crippen molar-refractivity contribution in [3.05, 3.63) is 69.2 Å². The van der Waals surface area contributed by atoms with Crippen LogP contribution in [-0.2, 0) is 6.54 Å². The van der Waals surface area contributed by atoms with Gasteiger partial charge >= 0.3 is 0 Å². The number of hydrogen-bond donors (Lipinski definition) is 1. The molecule has 0 saturated heterocycles. The maximum atomic E-state index is 13.3. The lowest BCUT2D eigenvalue weighted by Crippen LogP contribution is -2.30. The van der Waals surface area contributed by atoms with Crippen molar-refractivity contribution in [2.45, 2.75) is 19.6 Å². The van der Waals surface area contributed by atoms with Crippen molar-refractivity contribution >= 4 is 34.1 Å². The van der Waals surface area contributed by atoms with Gasteiger partial charge in [0, 0.05) is 11.9 Å². The lowest BCUT2D eigenvalue weighted by Gasteiger charge is -2.26. The van der Waals surface area contributed by atoms with Crippen molar-refractivity contribution in [1.82, 2.24) is 4.57 Å². The molecule has 1 atom stereocenters. The van der Waals surface area contributed by atoms with Gasteiger partial charge < -0.3 is 14.6 Å². The summed E-state index contributed by atoms with van der Waals surface area (Å²) in [5.41, 5.74) is 0.290. The third kappa shape index (κ3) is 2.72. The summed E-state index contributed by atoms with van der Waals surface area (Å²) >= 11 is 6.23. The zero-order valence-corrected chi connectivity index (χ0v) is 14.5. The molecule has 7 heteroatoms. The van der Waals surface area contributed by atoms with E-state index >= 15 is 0 Å². The summed E-state index contributed by atoms with van der Waals surface area (Å²) in [4.78, 5) is 25.5. The Morgan fingerprint density at radius 3 is 2.92 bits per heavy atom. The molecular formula is C19H14ClFN2O3. The smallest absolute Gasteiger partial charge is 0.261 e. The zero-order valence-electron chi connectivity index (χ0n) is 13.8. The molecule has 1 aromatic heterocycles. The van der Waals surface area contributed by atoms with Gasteiger partial charge in [-0.1, -0.05) is 17.7 Å². The van der Waals surface area contributed by atoms with Crippen LogP contribution in [0.3, 0.4) is 0 Å². The molecule has 2 heterocycles. The van der Waals surface area contributed by atoms with E-state index in [1.54, 1.807) is 22.8 Å². The Morgan fingerprint density at radius 2 is 2.15 bits per heavy atom. The van der Waals surface area contributed by atoms with Gasteiger partial charge in [0.25, 0.3) is 5.91 Å². The summed E-state index contributed by atoms with van der Waals surface area (Å²) in [6, 6.07) is 8.77. The Kier molecular flexibility index (Phi) is 3.92. The van der Waals surface area contributed by atoms with Gasteiger partial charge in [-0.3, -0.25) is 9.59 Å². The number of carbonyl (C=O) groups excluding carboxylic acids is 1. The summed E-state index contributed by atoms with van der Waals surface area (Å²) < 4.78 is 20.9. The number of anilines is 1. The first-order chi connectivity index (χ1) is 12.4. The van der Waals surface area contributed by atoms with Gasteiger partial charge in [0.1, 0.15) is 23.2 Å². The van der Waals surface area contributed by atoms with Crippen LogP contribution in [0.15, 0.2) is 47.4 Å². The lowest BCUT2D eigenvalue weighted by atomic mass is 10.1. The Bertz CT molecular complexity index is 1110. The summed E-state index contributed by atoms with van der Waals surface area (Å²) in [5.74, 6) is -0.545. The number of pyridine rings is 1. The SMILES string of the molecule is C[C@H]1Cn2cc(C(=O)Nc3cccc(F)c3)c(=O)c3c(Cl)ccc(c32)O1. The van der Waals surface area contributed by atoms with Gasteiger partial charge in [0.15, 0.2) is 0 Å². The van der Waals surface area contributed by atoms with Crippen LogP contribution in [0.5, 0.6) is 5.75 Å². The van der Waals surface area contributed by atoms with E-state index in [2.05, 4.69) is 5.32 Å². The molecule has 1 aliphatic heterocycles. The second-order valence-corrected chi connectivity index (χ2v) is 6.59. The molecule has 1 aliphatic rings. The molecule has 26 heavy (non-hydrogen) atoms. The average molecular weight is 373 g/mol. The first-order valence-corrected chi connectivity index (χ1v) is 8.41. The van der Waals surface area contributed by atoms with E-state index < -0.39 is 17.2 Å². The molecule has 2 aromatic carbocycles. The van der Waals surface area contributed by atoms with Crippen molar-refractivity contribution in [3.63, 3.8) is 0 Å². The Labute approximate surface area is 153 Å². The summed E-state index contributed by atoms with van der Waals surface area (Å²) in [5, 5.41) is 3.04. The van der Waals surface area contributed by atoms with Gasteiger partial charge in [0.05, 0.1) is 22.5 Å². The third-order valence-electron chi connectivity index (χ3n) is 4.24. The first-order valence-electron chi connectivity index (χ1n) is 8.03. The number of ether oxygens (including phenoxy) is 1. The maximum absolute atomic E-state index is 13.3. The molecule has 132 valence electrons. The van der Waals surface area contributed by atoms with Crippen molar-refractivity contribution in [1.29, 1.82) is 0 Å². The molecule has 0 fully saturated rings. The minimum atomic E-state index is -0.619. The highest BCUT2D eigenvalue weighted by Crippen LogP contribution is 2.33. The van der Waals surface area contributed by atoms with Gasteiger partial charge in [-0.05, 0) is 37.3 Å². The van der Waals surface area contributed by atoms with E-state index in [4.69, 9.17) is 16.3 Å². The molecule has 5 nitrogen and oxygen atoms in total. The van der Waals surface area contributed by atoms with E-state index in [0.717, 1.165) is 0 Å². The number of nitrogens with one attached hydrogen (secondary N) is 1. The summed E-state index contributed by atoms with van der Waals surface area (Å²) in [6.45, 7) is 2.37. The van der Waals surface area contributed by atoms with E-state index in [1.807, 2.05) is 6.92 Å². The highest BCUT2D eigenvalue weighted by atomic mass is 35.5. The van der Waals surface area contributed by atoms with Gasteiger partial charge in [0.2, 0.25) is 5.43 Å². The van der Waals surface area contributed by atoms with E-state index in [9.17, 15) is 14.0 Å². The summed E-state index contributed by atoms with van der Waals surface area (Å²) in [7, 11) is 0. The monoisotopic (exact) mass is 372 g/mol. The van der Waals surface area contributed by atoms with Crippen LogP contribution >= 0.6 is 11.6 Å². The molecule has 0 unspecified atom stereocenters. The minimum absolute atomic E-state index is 0.0603. The highest BCUT2D eigenvalue weighted by Gasteiger charge is 2.24. The topological polar surface area (TPSA) is 60.3 Å². The van der Waals surface area contributed by atoms with E-state index in [-0.39, 0.29) is 27.8 Å². The third-order valence-corrected chi connectivity index (χ3v) is 4.56. The predicted octanol–water partition coefficient (Wildman–Crippen LogP) is 3.83. The number of rotatable bonds is 2. The summed E-state index contributed by atoms with van der Waals surface area (Å²) in [6.07, 6.45) is 1.38. The van der Waals surface area contributed by atoms with Crippen LogP contribution in [-0.4, -0.2) is 16.6 Å². The number of nitrogens with zero attached hydrogens (tertiary/aromatic N) is 1. The molecule has 4 rings (SSSR count). The number of amides is 1. The fourth-order valence-corrected chi connectivity index (χ4v) is 3.40. The molecule has 0 bridgehead atoms. The number of hydrogen-bond acceptors (Lipinski definition) is 3. The zero-order chi connectivity index (χ0) is 18.4. The van der Waals surface area contributed by atoms with E-state index in [0.29, 0.717) is 17.8 Å². The van der Waals surface area contributed by atoms with Crippen molar-refractivity contribution in [2.75, 3.05) is 5.32 Å². The van der Waals surface area contributed by atoms with Crippen LogP contribution in [0.1, 0.15) is 17.3 Å². The van der Waals surface area contributed by atoms with Crippen LogP contribution in [0.2, 0.25) is 5.02 Å². The Balaban J connectivity index is 1.86. The normalized spacial score (nSPS) is 15.6. The maximum Gasteiger partial charge on any atom is 0.261 e. The lowest BCUT2D eigenvalue weighted by molar-refractivity contribution is 0.102. The van der Waals surface area contributed by atoms with Crippen molar-refractivity contribution in [3.8, 4) is 5.75 Å². The fourth-order valence-electron chi connectivity index (χ4n) is 3.16. The molecule has 0 aliphatic carbocycles. The van der Waals surface area contributed by atoms with Crippen molar-refractivity contribution < 1.29 is 13.9 Å². The molecule has 0 spiro atoms. The second-order valence-electron chi connectivity index (χ2n) is 6.19. The largest absolute Gasteiger partial charge is 0.487 e. The van der Waals surface area contributed by atoms with Crippen LogP contribution in [0.25, 0.3) is 10.9 Å². The number of aromatic nitrogens is 1. The molecule has 3 aromatic rings. The Morgan fingerprint density at radius 1 is 1.35 bits per heavy atom. The fraction of sp³-hybridized carbons (Fsp3) is 0.158. The van der Waals surface area contributed by atoms with Gasteiger partial charge in [-0.15, -0.1) is 0 Å². The number of carbonyl (C=O) groups is 1. The first kappa shape index (κ1) is 16.6. The molecule has 1 N–H and O–H groups in total. The second kappa shape index (κ2) is 6.14. The molecular weight excluding hydrogens is 359 g/mol. The van der Waals surface area contributed by atoms with E-state index in [1.165, 1.54) is 24.4 Å². The number of halogens is 2. The molecule has 1 amide bonds. The van der Waals surface area contributed by atoms with Gasteiger partial charge in [-0.2, -0.15) is 0 Å². The van der Waals surface area contributed by atoms with Crippen LogP contribution in [0, 0.1) is 5.82 Å². The van der Waals surface area contributed by atoms with Crippen molar-refractivity contribution in [2.24, 2.45) is 0 Å². The predicted molar refractivity (Wildman–Crippen MR) is 97.7 cm³/mol. The Hall–Kier alpha value is -2.86. The standard InChI is InChI=1S/C19H14ClFN2O3/c1-10-8-23-9-13(19(25)22-12-4-2-3-11(21)7-12)18(24)16-14(20)5-6-15(26-10)17(16)23/h2-7,9-10H,8H2,1H3,(H,22,25)/t10-/m0/s1. The minimum Gasteiger partial charge on any atom is -0.487 e. The number of benzene rings is 2. The van der Waals surface area contributed by atoms with Crippen LogP contribution in [0.4, 0.5) is 10.1 Å². The van der Waals surface area contributed by atoms with Crippen LogP contribution < -0.4 is 15.5 Å².